The third kappa shape index (κ3) is 6.15. The van der Waals surface area contributed by atoms with Gasteiger partial charge in [-0.2, -0.15) is 0 Å². The van der Waals surface area contributed by atoms with Crippen molar-refractivity contribution in [3.63, 3.8) is 0 Å². The van der Waals surface area contributed by atoms with Gasteiger partial charge in [0.25, 0.3) is 0 Å². The lowest BCUT2D eigenvalue weighted by Gasteiger charge is -2.35. The van der Waals surface area contributed by atoms with Crippen LogP contribution in [0.4, 0.5) is 0 Å². The van der Waals surface area contributed by atoms with Gasteiger partial charge >= 0.3 is 5.97 Å². The Morgan fingerprint density at radius 3 is 2.74 bits per heavy atom. The third-order valence-corrected chi connectivity index (χ3v) is 7.09. The van der Waals surface area contributed by atoms with E-state index in [1.54, 1.807) is 20.0 Å². The van der Waals surface area contributed by atoms with E-state index in [2.05, 4.69) is 9.88 Å². The van der Waals surface area contributed by atoms with Crippen molar-refractivity contribution in [1.29, 1.82) is 0 Å². The molecule has 2 heterocycles. The normalized spacial score (nSPS) is 17.5. The molecule has 1 aromatic heterocycles. The minimum absolute atomic E-state index is 0.00215. The summed E-state index contributed by atoms with van der Waals surface area (Å²) in [6, 6.07) is 9.85. The molecule has 3 rings (SSSR count). The first-order chi connectivity index (χ1) is 14.9. The Bertz CT molecular complexity index is 959. The number of imidazole rings is 1. The Morgan fingerprint density at radius 1 is 1.26 bits per heavy atom. The van der Waals surface area contributed by atoms with Crippen molar-refractivity contribution in [2.45, 2.75) is 51.0 Å². The summed E-state index contributed by atoms with van der Waals surface area (Å²) in [4.78, 5) is 18.4. The molecule has 9 heteroatoms. The molecule has 1 atom stereocenters. The Balaban J connectivity index is 1.82. The number of esters is 1. The molecule has 0 spiro atoms. The summed E-state index contributed by atoms with van der Waals surface area (Å²) >= 11 is 0. The fourth-order valence-electron chi connectivity index (χ4n) is 3.73. The van der Waals surface area contributed by atoms with Crippen molar-refractivity contribution in [1.82, 2.24) is 14.5 Å². The van der Waals surface area contributed by atoms with Gasteiger partial charge in [-0.1, -0.05) is 37.3 Å². The standard InChI is InChI=1S/C22H31N3O5S/c1-3-30-21(26)14-19-17-29-13-12-24(19)16-20-15-23-22(31(27,28)4-2)25(20)11-10-18-8-6-5-7-9-18/h5-9,15,19H,3-4,10-14,16-17H2,1-2H3. The van der Waals surface area contributed by atoms with Crippen LogP contribution in [0.3, 0.4) is 0 Å². The predicted octanol–water partition coefficient (Wildman–Crippen LogP) is 2.07. The number of benzene rings is 1. The van der Waals surface area contributed by atoms with Crippen LogP contribution in [0.25, 0.3) is 0 Å². The number of morpholine rings is 1. The second-order valence-electron chi connectivity index (χ2n) is 7.53. The van der Waals surface area contributed by atoms with Gasteiger partial charge in [-0.3, -0.25) is 9.69 Å². The van der Waals surface area contributed by atoms with Gasteiger partial charge in [0, 0.05) is 25.7 Å². The number of hydrogen-bond donors (Lipinski definition) is 0. The molecule has 1 saturated heterocycles. The average Bonchev–Trinajstić information content (AvgIpc) is 3.18. The van der Waals surface area contributed by atoms with Crippen molar-refractivity contribution in [2.24, 2.45) is 0 Å². The molecule has 0 aliphatic carbocycles. The maximum absolute atomic E-state index is 12.6. The second-order valence-corrected chi connectivity index (χ2v) is 9.70. The largest absolute Gasteiger partial charge is 0.466 e. The molecule has 8 nitrogen and oxygen atoms in total. The molecule has 170 valence electrons. The van der Waals surface area contributed by atoms with Gasteiger partial charge in [-0.15, -0.1) is 0 Å². The van der Waals surface area contributed by atoms with Gasteiger partial charge in [0.05, 0.1) is 43.9 Å². The molecule has 0 bridgehead atoms. The second kappa shape index (κ2) is 10.9. The zero-order chi connectivity index (χ0) is 22.3. The van der Waals surface area contributed by atoms with E-state index in [9.17, 15) is 13.2 Å². The first-order valence-corrected chi connectivity index (χ1v) is 12.4. The van der Waals surface area contributed by atoms with Crippen LogP contribution in [-0.2, 0) is 43.6 Å². The van der Waals surface area contributed by atoms with E-state index in [1.165, 1.54) is 0 Å². The van der Waals surface area contributed by atoms with E-state index in [1.807, 2.05) is 34.9 Å². The number of carbonyl (C=O) groups is 1. The highest BCUT2D eigenvalue weighted by Gasteiger charge is 2.28. The van der Waals surface area contributed by atoms with Crippen molar-refractivity contribution in [2.75, 3.05) is 32.1 Å². The summed E-state index contributed by atoms with van der Waals surface area (Å²) in [6.45, 7) is 6.43. The van der Waals surface area contributed by atoms with Crippen LogP contribution in [0.15, 0.2) is 41.7 Å². The topological polar surface area (TPSA) is 90.7 Å². The van der Waals surface area contributed by atoms with Crippen LogP contribution in [0, 0.1) is 0 Å². The molecule has 0 saturated carbocycles. The van der Waals surface area contributed by atoms with E-state index in [0.717, 1.165) is 11.3 Å². The summed E-state index contributed by atoms with van der Waals surface area (Å²) in [5.74, 6) is -0.257. The molecule has 0 amide bonds. The number of ether oxygens (including phenoxy) is 2. The molecular weight excluding hydrogens is 418 g/mol. The first kappa shape index (κ1) is 23.4. The summed E-state index contributed by atoms with van der Waals surface area (Å²) in [5.41, 5.74) is 1.95. The SMILES string of the molecule is CCOC(=O)CC1COCCN1Cc1cnc(S(=O)(=O)CC)n1CCc1ccccc1. The monoisotopic (exact) mass is 449 g/mol. The van der Waals surface area contributed by atoms with Crippen LogP contribution < -0.4 is 0 Å². The van der Waals surface area contributed by atoms with E-state index in [-0.39, 0.29) is 29.3 Å². The highest BCUT2D eigenvalue weighted by atomic mass is 32.2. The van der Waals surface area contributed by atoms with Crippen LogP contribution >= 0.6 is 0 Å². The lowest BCUT2D eigenvalue weighted by molar-refractivity contribution is -0.146. The fraction of sp³-hybridized carbons (Fsp3) is 0.545. The van der Waals surface area contributed by atoms with Crippen LogP contribution in [0.5, 0.6) is 0 Å². The zero-order valence-electron chi connectivity index (χ0n) is 18.2. The van der Waals surface area contributed by atoms with E-state index >= 15 is 0 Å². The van der Waals surface area contributed by atoms with Gasteiger partial charge in [0.2, 0.25) is 15.0 Å². The predicted molar refractivity (Wildman–Crippen MR) is 116 cm³/mol. The molecule has 1 unspecified atom stereocenters. The molecule has 1 aliphatic heterocycles. The minimum atomic E-state index is -3.46. The molecular formula is C22H31N3O5S. The average molecular weight is 450 g/mol. The molecule has 31 heavy (non-hydrogen) atoms. The number of sulfone groups is 1. The number of rotatable bonds is 10. The third-order valence-electron chi connectivity index (χ3n) is 5.45. The Morgan fingerprint density at radius 2 is 2.03 bits per heavy atom. The van der Waals surface area contributed by atoms with E-state index in [4.69, 9.17) is 9.47 Å². The highest BCUT2D eigenvalue weighted by Crippen LogP contribution is 2.20. The molecule has 0 radical (unpaired) electrons. The molecule has 2 aromatic rings. The van der Waals surface area contributed by atoms with Crippen molar-refractivity contribution >= 4 is 15.8 Å². The summed E-state index contributed by atoms with van der Waals surface area (Å²) in [6.07, 6.45) is 2.59. The van der Waals surface area contributed by atoms with Gasteiger partial charge in [-0.05, 0) is 18.9 Å². The number of aryl methyl sites for hydroxylation is 1. The lowest BCUT2D eigenvalue weighted by atomic mass is 10.1. The molecule has 0 N–H and O–H groups in total. The zero-order valence-corrected chi connectivity index (χ0v) is 19.0. The number of hydrogen-bond acceptors (Lipinski definition) is 7. The Kier molecular flexibility index (Phi) is 8.22. The Labute approximate surface area is 184 Å². The van der Waals surface area contributed by atoms with Gasteiger partial charge < -0.3 is 14.0 Å². The van der Waals surface area contributed by atoms with Crippen molar-refractivity contribution < 1.29 is 22.7 Å². The van der Waals surface area contributed by atoms with Gasteiger partial charge in [-0.25, -0.2) is 13.4 Å². The summed E-state index contributed by atoms with van der Waals surface area (Å²) in [7, 11) is -3.46. The van der Waals surface area contributed by atoms with Crippen molar-refractivity contribution in [3.05, 3.63) is 47.8 Å². The summed E-state index contributed by atoms with van der Waals surface area (Å²) in [5, 5.41) is 0.108. The number of nitrogens with zero attached hydrogens (tertiary/aromatic N) is 3. The fourth-order valence-corrected chi connectivity index (χ4v) is 4.74. The maximum Gasteiger partial charge on any atom is 0.307 e. The molecule has 1 fully saturated rings. The van der Waals surface area contributed by atoms with Gasteiger partial charge in [0.1, 0.15) is 0 Å². The quantitative estimate of drug-likeness (QED) is 0.513. The Hall–Kier alpha value is -2.23. The van der Waals surface area contributed by atoms with Crippen LogP contribution in [0.2, 0.25) is 0 Å². The highest BCUT2D eigenvalue weighted by molar-refractivity contribution is 7.91. The maximum atomic E-state index is 12.6. The van der Waals surface area contributed by atoms with E-state index in [0.29, 0.717) is 45.9 Å². The number of carbonyl (C=O) groups excluding carboxylic acids is 1. The smallest absolute Gasteiger partial charge is 0.307 e. The van der Waals surface area contributed by atoms with Crippen LogP contribution in [-0.4, -0.2) is 67.0 Å². The lowest BCUT2D eigenvalue weighted by Crippen LogP contribution is -2.46. The summed E-state index contributed by atoms with van der Waals surface area (Å²) < 4.78 is 37.8. The van der Waals surface area contributed by atoms with Crippen LogP contribution in [0.1, 0.15) is 31.5 Å². The first-order valence-electron chi connectivity index (χ1n) is 10.7. The number of aromatic nitrogens is 2. The van der Waals surface area contributed by atoms with Crippen molar-refractivity contribution in [3.8, 4) is 0 Å². The molecule has 1 aliphatic rings. The van der Waals surface area contributed by atoms with Gasteiger partial charge in [0.15, 0.2) is 0 Å². The van der Waals surface area contributed by atoms with E-state index < -0.39 is 9.84 Å². The molecule has 1 aromatic carbocycles. The minimum Gasteiger partial charge on any atom is -0.466 e.